The van der Waals surface area contributed by atoms with Gasteiger partial charge in [0.05, 0.1) is 6.26 Å². The Morgan fingerprint density at radius 2 is 2.04 bits per heavy atom. The van der Waals surface area contributed by atoms with Crippen molar-refractivity contribution in [2.45, 2.75) is 52.1 Å². The molecule has 1 N–H and O–H groups in total. The standard InChI is InChI=1S/C19H27ClN2O4S/c1-19(2,17-5-4-7-22(17)18(23)24)11-14-10-15(20)9-13-6-8-21(12-16(13)14)27(3,25)26/h9-10,17H,4-8,11-12H2,1-3H3,(H,23,24)/t17-/m0/s1. The summed E-state index contributed by atoms with van der Waals surface area (Å²) in [5.41, 5.74) is 2.85. The van der Waals surface area contributed by atoms with Crippen LogP contribution in [0.25, 0.3) is 0 Å². The number of sulfonamides is 1. The molecule has 0 spiro atoms. The third-order valence-corrected chi connectivity index (χ3v) is 7.35. The minimum Gasteiger partial charge on any atom is -0.465 e. The van der Waals surface area contributed by atoms with Gasteiger partial charge in [-0.25, -0.2) is 13.2 Å². The number of rotatable bonds is 4. The third-order valence-electron chi connectivity index (χ3n) is 5.88. The number of fused-ring (bicyclic) bond motifs is 1. The van der Waals surface area contributed by atoms with Crippen LogP contribution in [0.3, 0.4) is 0 Å². The third kappa shape index (κ3) is 4.25. The molecule has 150 valence electrons. The molecule has 0 aromatic heterocycles. The van der Waals surface area contributed by atoms with Crippen LogP contribution in [-0.4, -0.2) is 54.2 Å². The van der Waals surface area contributed by atoms with Crippen LogP contribution in [0, 0.1) is 5.41 Å². The lowest BCUT2D eigenvalue weighted by atomic mass is 9.76. The predicted octanol–water partition coefficient (Wildman–Crippen LogP) is 3.37. The Labute approximate surface area is 166 Å². The van der Waals surface area contributed by atoms with E-state index < -0.39 is 16.1 Å². The van der Waals surface area contributed by atoms with Gasteiger partial charge >= 0.3 is 6.09 Å². The molecule has 1 saturated heterocycles. The van der Waals surface area contributed by atoms with E-state index in [2.05, 4.69) is 13.8 Å². The lowest BCUT2D eigenvalue weighted by Crippen LogP contribution is -2.45. The Balaban J connectivity index is 1.93. The summed E-state index contributed by atoms with van der Waals surface area (Å²) in [5, 5.41) is 10.2. The maximum atomic E-state index is 12.0. The Kier molecular flexibility index (Phi) is 5.49. The van der Waals surface area contributed by atoms with Crippen molar-refractivity contribution in [1.82, 2.24) is 9.21 Å². The molecule has 1 atom stereocenters. The van der Waals surface area contributed by atoms with Gasteiger partial charge in [-0.05, 0) is 59.9 Å². The summed E-state index contributed by atoms with van der Waals surface area (Å²) in [6, 6.07) is 3.78. The lowest BCUT2D eigenvalue weighted by molar-refractivity contribution is 0.0991. The molecular formula is C19H27ClN2O4S. The number of hydrogen-bond acceptors (Lipinski definition) is 3. The van der Waals surface area contributed by atoms with Gasteiger partial charge in [-0.2, -0.15) is 4.31 Å². The van der Waals surface area contributed by atoms with Crippen LogP contribution in [-0.2, 0) is 29.4 Å². The van der Waals surface area contributed by atoms with E-state index in [0.717, 1.165) is 29.5 Å². The number of likely N-dealkylation sites (tertiary alicyclic amines) is 1. The molecule has 3 rings (SSSR count). The lowest BCUT2D eigenvalue weighted by Gasteiger charge is -2.38. The second-order valence-electron chi connectivity index (χ2n) is 8.35. The molecule has 8 heteroatoms. The highest BCUT2D eigenvalue weighted by Gasteiger charge is 2.40. The first-order valence-electron chi connectivity index (χ1n) is 9.24. The first-order chi connectivity index (χ1) is 12.5. The summed E-state index contributed by atoms with van der Waals surface area (Å²) in [5.74, 6) is 0. The second-order valence-corrected chi connectivity index (χ2v) is 10.8. The summed E-state index contributed by atoms with van der Waals surface area (Å²) in [4.78, 5) is 13.1. The highest BCUT2D eigenvalue weighted by molar-refractivity contribution is 7.88. The molecule has 1 aromatic rings. The average molecular weight is 415 g/mol. The first kappa shape index (κ1) is 20.4. The van der Waals surface area contributed by atoms with E-state index in [9.17, 15) is 18.3 Å². The molecule has 27 heavy (non-hydrogen) atoms. The second kappa shape index (κ2) is 7.26. The minimum absolute atomic E-state index is 0.0563. The Morgan fingerprint density at radius 1 is 1.33 bits per heavy atom. The van der Waals surface area contributed by atoms with Crippen molar-refractivity contribution in [3.05, 3.63) is 33.8 Å². The van der Waals surface area contributed by atoms with E-state index in [1.165, 1.54) is 10.6 Å². The van der Waals surface area contributed by atoms with E-state index in [1.807, 2.05) is 12.1 Å². The van der Waals surface area contributed by atoms with E-state index >= 15 is 0 Å². The van der Waals surface area contributed by atoms with Gasteiger partial charge in [0.1, 0.15) is 0 Å². The van der Waals surface area contributed by atoms with E-state index in [4.69, 9.17) is 11.6 Å². The van der Waals surface area contributed by atoms with Gasteiger partial charge in [0, 0.05) is 30.7 Å². The molecule has 6 nitrogen and oxygen atoms in total. The Bertz CT molecular complexity index is 854. The number of amides is 1. The van der Waals surface area contributed by atoms with Gasteiger partial charge in [-0.1, -0.05) is 25.4 Å². The fourth-order valence-electron chi connectivity index (χ4n) is 4.54. The smallest absolute Gasteiger partial charge is 0.407 e. The average Bonchev–Trinajstić information content (AvgIpc) is 3.04. The highest BCUT2D eigenvalue weighted by atomic mass is 35.5. The molecular weight excluding hydrogens is 388 g/mol. The molecule has 1 aromatic carbocycles. The molecule has 0 bridgehead atoms. The van der Waals surface area contributed by atoms with E-state index in [0.29, 0.717) is 37.5 Å². The molecule has 2 aliphatic rings. The van der Waals surface area contributed by atoms with Crippen LogP contribution in [0.1, 0.15) is 43.4 Å². The number of nitrogens with zero attached hydrogens (tertiary/aromatic N) is 2. The summed E-state index contributed by atoms with van der Waals surface area (Å²) >= 11 is 6.34. The Morgan fingerprint density at radius 3 is 2.67 bits per heavy atom. The van der Waals surface area contributed by atoms with Gasteiger partial charge in [-0.15, -0.1) is 0 Å². The molecule has 1 amide bonds. The largest absolute Gasteiger partial charge is 0.465 e. The molecule has 0 aliphatic carbocycles. The molecule has 2 heterocycles. The molecule has 2 aliphatic heterocycles. The fourth-order valence-corrected chi connectivity index (χ4v) is 5.59. The van der Waals surface area contributed by atoms with Crippen LogP contribution in [0.4, 0.5) is 4.79 Å². The topological polar surface area (TPSA) is 77.9 Å². The van der Waals surface area contributed by atoms with Crippen molar-refractivity contribution in [1.29, 1.82) is 0 Å². The van der Waals surface area contributed by atoms with Crippen LogP contribution >= 0.6 is 11.6 Å². The maximum Gasteiger partial charge on any atom is 0.407 e. The first-order valence-corrected chi connectivity index (χ1v) is 11.5. The van der Waals surface area contributed by atoms with Crippen molar-refractivity contribution in [3.63, 3.8) is 0 Å². The predicted molar refractivity (Wildman–Crippen MR) is 106 cm³/mol. The van der Waals surface area contributed by atoms with Crippen molar-refractivity contribution in [3.8, 4) is 0 Å². The van der Waals surface area contributed by atoms with Crippen LogP contribution in [0.2, 0.25) is 5.02 Å². The van der Waals surface area contributed by atoms with Crippen molar-refractivity contribution < 1.29 is 18.3 Å². The fraction of sp³-hybridized carbons (Fsp3) is 0.632. The zero-order valence-corrected chi connectivity index (χ0v) is 17.6. The molecule has 0 saturated carbocycles. The van der Waals surface area contributed by atoms with Crippen molar-refractivity contribution in [2.75, 3.05) is 19.3 Å². The summed E-state index contributed by atoms with van der Waals surface area (Å²) in [6.45, 7) is 5.56. The number of hydrogen-bond donors (Lipinski definition) is 1. The quantitative estimate of drug-likeness (QED) is 0.819. The number of benzene rings is 1. The van der Waals surface area contributed by atoms with Crippen molar-refractivity contribution in [2.24, 2.45) is 5.41 Å². The summed E-state index contributed by atoms with van der Waals surface area (Å²) in [6.07, 6.45) is 3.37. The van der Waals surface area contributed by atoms with Crippen LogP contribution in [0.15, 0.2) is 12.1 Å². The normalized spacial score (nSPS) is 21.3. The summed E-state index contributed by atoms with van der Waals surface area (Å²) < 4.78 is 25.5. The van der Waals surface area contributed by atoms with Gasteiger partial charge in [-0.3, -0.25) is 0 Å². The zero-order chi connectivity index (χ0) is 20.0. The van der Waals surface area contributed by atoms with Gasteiger partial charge in [0.2, 0.25) is 10.0 Å². The maximum absolute atomic E-state index is 12.0. The zero-order valence-electron chi connectivity index (χ0n) is 16.0. The van der Waals surface area contributed by atoms with E-state index in [-0.39, 0.29) is 11.5 Å². The van der Waals surface area contributed by atoms with E-state index in [1.54, 1.807) is 4.90 Å². The van der Waals surface area contributed by atoms with Gasteiger partial charge in [0.15, 0.2) is 0 Å². The van der Waals surface area contributed by atoms with Crippen LogP contribution in [0.5, 0.6) is 0 Å². The minimum atomic E-state index is -3.26. The molecule has 0 unspecified atom stereocenters. The van der Waals surface area contributed by atoms with Crippen LogP contribution < -0.4 is 0 Å². The Hall–Kier alpha value is -1.31. The SMILES string of the molecule is CC(C)(Cc1cc(Cl)cc2c1CN(S(C)(=O)=O)CC2)[C@@H]1CCCN1C(=O)O. The van der Waals surface area contributed by atoms with Crippen molar-refractivity contribution >= 4 is 27.7 Å². The van der Waals surface area contributed by atoms with Gasteiger partial charge < -0.3 is 10.0 Å². The summed E-state index contributed by atoms with van der Waals surface area (Å²) in [7, 11) is -3.26. The number of carboxylic acid groups (broad SMARTS) is 1. The molecule has 0 radical (unpaired) electrons. The molecule has 1 fully saturated rings. The monoisotopic (exact) mass is 414 g/mol. The number of carbonyl (C=O) groups is 1. The number of halogens is 1. The highest BCUT2D eigenvalue weighted by Crippen LogP contribution is 2.39. The van der Waals surface area contributed by atoms with Gasteiger partial charge in [0.25, 0.3) is 0 Å².